The lowest BCUT2D eigenvalue weighted by molar-refractivity contribution is 0.289. The number of halogens is 1. The average molecular weight is 414 g/mol. The molecule has 0 fully saturated rings. The van der Waals surface area contributed by atoms with Crippen molar-refractivity contribution in [3.63, 3.8) is 0 Å². The Morgan fingerprint density at radius 1 is 0.828 bits per heavy atom. The maximum absolute atomic E-state index is 14.5. The van der Waals surface area contributed by atoms with Crippen LogP contribution in [-0.4, -0.2) is 21.8 Å². The predicted molar refractivity (Wildman–Crippen MR) is 117 cm³/mol. The Hall–Kier alpha value is -2.34. The molecular weight excluding hydrogens is 385 g/mol. The second-order valence-electron chi connectivity index (χ2n) is 7.09. The largest absolute Gasteiger partial charge is 0.478 e. The second kappa shape index (κ2) is 11.6. The highest BCUT2D eigenvalue weighted by molar-refractivity contribution is 7.17. The molecule has 2 aromatic heterocycles. The second-order valence-corrected chi connectivity index (χ2v) is 8.07. The summed E-state index contributed by atoms with van der Waals surface area (Å²) in [7, 11) is 0. The standard InChI is InChI=1S/C23H28FN3OS/c1-2-3-4-5-6-7-8-12-17-28-20-16-15-19(21(24)25-20)23-27-26-22(29-23)18-13-10-9-11-14-18/h9-11,13-16H,2-8,12,17H2,1H3. The molecule has 3 aromatic rings. The third kappa shape index (κ3) is 6.60. The molecule has 0 amide bonds. The zero-order chi connectivity index (χ0) is 20.3. The van der Waals surface area contributed by atoms with Gasteiger partial charge in [0.1, 0.15) is 5.01 Å². The van der Waals surface area contributed by atoms with Crippen LogP contribution in [0.2, 0.25) is 0 Å². The maximum atomic E-state index is 14.5. The molecule has 0 spiro atoms. The molecule has 6 heteroatoms. The van der Waals surface area contributed by atoms with E-state index >= 15 is 0 Å². The van der Waals surface area contributed by atoms with E-state index in [1.807, 2.05) is 30.3 Å². The van der Waals surface area contributed by atoms with E-state index in [9.17, 15) is 4.39 Å². The molecule has 0 bridgehead atoms. The van der Waals surface area contributed by atoms with Crippen LogP contribution in [0.1, 0.15) is 58.3 Å². The molecule has 4 nitrogen and oxygen atoms in total. The molecule has 3 rings (SSSR count). The number of hydrogen-bond acceptors (Lipinski definition) is 5. The molecule has 0 atom stereocenters. The summed E-state index contributed by atoms with van der Waals surface area (Å²) in [5, 5.41) is 9.57. The first kappa shape index (κ1) is 21.4. The highest BCUT2D eigenvalue weighted by atomic mass is 32.1. The number of hydrogen-bond donors (Lipinski definition) is 0. The Balaban J connectivity index is 1.46. The molecule has 0 aliphatic carbocycles. The first-order valence-electron chi connectivity index (χ1n) is 10.5. The van der Waals surface area contributed by atoms with Gasteiger partial charge in [-0.3, -0.25) is 0 Å². The molecular formula is C23H28FN3OS. The number of rotatable bonds is 12. The van der Waals surface area contributed by atoms with E-state index in [1.54, 1.807) is 12.1 Å². The first-order valence-corrected chi connectivity index (χ1v) is 11.3. The van der Waals surface area contributed by atoms with Gasteiger partial charge in [-0.1, -0.05) is 93.5 Å². The van der Waals surface area contributed by atoms with Crippen molar-refractivity contribution >= 4 is 11.3 Å². The monoisotopic (exact) mass is 413 g/mol. The van der Waals surface area contributed by atoms with E-state index in [4.69, 9.17) is 4.74 Å². The van der Waals surface area contributed by atoms with Crippen LogP contribution in [0.3, 0.4) is 0 Å². The van der Waals surface area contributed by atoms with Crippen molar-refractivity contribution < 1.29 is 9.13 Å². The van der Waals surface area contributed by atoms with Crippen molar-refractivity contribution in [3.05, 3.63) is 48.4 Å². The number of aromatic nitrogens is 3. The lowest BCUT2D eigenvalue weighted by Gasteiger charge is -2.06. The molecule has 29 heavy (non-hydrogen) atoms. The smallest absolute Gasteiger partial charge is 0.226 e. The topological polar surface area (TPSA) is 47.9 Å². The van der Waals surface area contributed by atoms with E-state index in [0.717, 1.165) is 23.4 Å². The third-order valence-electron chi connectivity index (χ3n) is 4.75. The van der Waals surface area contributed by atoms with E-state index < -0.39 is 5.95 Å². The van der Waals surface area contributed by atoms with Crippen LogP contribution in [0.5, 0.6) is 5.88 Å². The SMILES string of the molecule is CCCCCCCCCCOc1ccc(-c2nnc(-c3ccccc3)s2)c(F)n1. The van der Waals surface area contributed by atoms with Gasteiger partial charge in [0, 0.05) is 11.6 Å². The van der Waals surface area contributed by atoms with E-state index in [1.165, 1.54) is 49.9 Å². The molecule has 1 aromatic carbocycles. The van der Waals surface area contributed by atoms with Gasteiger partial charge in [-0.15, -0.1) is 10.2 Å². The number of unbranched alkanes of at least 4 members (excludes halogenated alkanes) is 7. The van der Waals surface area contributed by atoms with Crippen LogP contribution in [0, 0.1) is 5.95 Å². The van der Waals surface area contributed by atoms with Crippen LogP contribution in [0.25, 0.3) is 21.1 Å². The number of ether oxygens (including phenoxy) is 1. The Morgan fingerprint density at radius 3 is 2.24 bits per heavy atom. The van der Waals surface area contributed by atoms with Gasteiger partial charge >= 0.3 is 0 Å². The van der Waals surface area contributed by atoms with Gasteiger partial charge in [0.05, 0.1) is 12.2 Å². The summed E-state index contributed by atoms with van der Waals surface area (Å²) < 4.78 is 20.1. The Morgan fingerprint density at radius 2 is 1.52 bits per heavy atom. The van der Waals surface area contributed by atoms with Gasteiger partial charge in [0.25, 0.3) is 0 Å². The molecule has 0 saturated heterocycles. The molecule has 0 N–H and O–H groups in total. The number of nitrogens with zero attached hydrogens (tertiary/aromatic N) is 3. The van der Waals surface area contributed by atoms with E-state index in [0.29, 0.717) is 23.1 Å². The van der Waals surface area contributed by atoms with E-state index in [-0.39, 0.29) is 0 Å². The van der Waals surface area contributed by atoms with Crippen molar-refractivity contribution in [1.29, 1.82) is 0 Å². The van der Waals surface area contributed by atoms with E-state index in [2.05, 4.69) is 22.1 Å². The minimum Gasteiger partial charge on any atom is -0.478 e. The summed E-state index contributed by atoms with van der Waals surface area (Å²) in [4.78, 5) is 3.95. The Kier molecular flexibility index (Phi) is 8.56. The fourth-order valence-corrected chi connectivity index (χ4v) is 3.96. The van der Waals surface area contributed by atoms with Gasteiger partial charge in [-0.25, -0.2) is 0 Å². The van der Waals surface area contributed by atoms with Gasteiger partial charge < -0.3 is 4.74 Å². The van der Waals surface area contributed by atoms with Crippen molar-refractivity contribution in [2.24, 2.45) is 0 Å². The summed E-state index contributed by atoms with van der Waals surface area (Å²) in [5.41, 5.74) is 1.32. The van der Waals surface area contributed by atoms with Gasteiger partial charge in [-0.05, 0) is 12.5 Å². The van der Waals surface area contributed by atoms with Gasteiger partial charge in [0.2, 0.25) is 11.8 Å². The molecule has 154 valence electrons. The normalized spacial score (nSPS) is 11.0. The van der Waals surface area contributed by atoms with Crippen LogP contribution in [-0.2, 0) is 0 Å². The molecule has 0 unspecified atom stereocenters. The minimum atomic E-state index is -0.575. The van der Waals surface area contributed by atoms with Crippen LogP contribution < -0.4 is 4.74 Å². The molecule has 0 aliphatic rings. The number of pyridine rings is 1. The summed E-state index contributed by atoms with van der Waals surface area (Å²) in [5.74, 6) is -0.254. The fraction of sp³-hybridized carbons (Fsp3) is 0.435. The highest BCUT2D eigenvalue weighted by Gasteiger charge is 2.14. The molecule has 0 aliphatic heterocycles. The number of benzene rings is 1. The van der Waals surface area contributed by atoms with Crippen molar-refractivity contribution in [2.75, 3.05) is 6.61 Å². The van der Waals surface area contributed by atoms with Gasteiger partial charge in [0.15, 0.2) is 5.01 Å². The van der Waals surface area contributed by atoms with Gasteiger partial charge in [-0.2, -0.15) is 9.37 Å². The zero-order valence-corrected chi connectivity index (χ0v) is 17.8. The summed E-state index contributed by atoms with van der Waals surface area (Å²) in [6.45, 7) is 2.80. The molecule has 2 heterocycles. The average Bonchev–Trinajstić information content (AvgIpc) is 3.23. The van der Waals surface area contributed by atoms with Crippen molar-refractivity contribution in [2.45, 2.75) is 58.3 Å². The minimum absolute atomic E-state index is 0.321. The van der Waals surface area contributed by atoms with Crippen LogP contribution >= 0.6 is 11.3 Å². The lowest BCUT2D eigenvalue weighted by Crippen LogP contribution is -2.01. The summed E-state index contributed by atoms with van der Waals surface area (Å²) in [6.07, 6.45) is 9.90. The molecule has 0 radical (unpaired) electrons. The maximum Gasteiger partial charge on any atom is 0.226 e. The quantitative estimate of drug-likeness (QED) is 0.239. The third-order valence-corrected chi connectivity index (χ3v) is 5.75. The highest BCUT2D eigenvalue weighted by Crippen LogP contribution is 2.31. The lowest BCUT2D eigenvalue weighted by atomic mass is 10.1. The summed E-state index contributed by atoms with van der Waals surface area (Å²) >= 11 is 1.35. The Bertz CT molecular complexity index is 870. The van der Waals surface area contributed by atoms with Crippen molar-refractivity contribution in [3.8, 4) is 27.0 Å². The summed E-state index contributed by atoms with van der Waals surface area (Å²) in [6, 6.07) is 13.1. The predicted octanol–water partition coefficient (Wildman–Crippen LogP) is 6.93. The Labute approximate surface area is 176 Å². The first-order chi connectivity index (χ1) is 14.3. The molecule has 0 saturated carbocycles. The zero-order valence-electron chi connectivity index (χ0n) is 16.9. The van der Waals surface area contributed by atoms with Crippen LogP contribution in [0.15, 0.2) is 42.5 Å². The fourth-order valence-electron chi connectivity index (χ4n) is 3.10. The van der Waals surface area contributed by atoms with Crippen LogP contribution in [0.4, 0.5) is 4.39 Å². The van der Waals surface area contributed by atoms with Crippen molar-refractivity contribution in [1.82, 2.24) is 15.2 Å².